The van der Waals surface area contributed by atoms with E-state index in [9.17, 15) is 13.5 Å². The van der Waals surface area contributed by atoms with Gasteiger partial charge in [0.15, 0.2) is 5.60 Å². The number of piperidine rings is 1. The minimum absolute atomic E-state index is 0.130. The van der Waals surface area contributed by atoms with Gasteiger partial charge >= 0.3 is 0 Å². The van der Waals surface area contributed by atoms with Gasteiger partial charge in [-0.15, -0.1) is 0 Å². The number of likely N-dealkylation sites (tertiary alicyclic amines) is 1. The maximum atomic E-state index is 12.2. The Morgan fingerprint density at radius 2 is 1.68 bits per heavy atom. The zero-order chi connectivity index (χ0) is 25.9. The van der Waals surface area contributed by atoms with Gasteiger partial charge in [0, 0.05) is 30.7 Å². The smallest absolute Gasteiger partial charge is 0.155 e. The largest absolute Gasteiger partial charge is 0.512 e. The van der Waals surface area contributed by atoms with Crippen LogP contribution in [0.2, 0.25) is 0 Å². The van der Waals surface area contributed by atoms with Gasteiger partial charge in [0.25, 0.3) is 0 Å². The summed E-state index contributed by atoms with van der Waals surface area (Å²) < 4.78 is 37.2. The van der Waals surface area contributed by atoms with Crippen LogP contribution in [0.25, 0.3) is 0 Å². The van der Waals surface area contributed by atoms with Gasteiger partial charge in [0.1, 0.15) is 27.9 Å². The van der Waals surface area contributed by atoms with Gasteiger partial charge in [0.05, 0.1) is 11.0 Å². The van der Waals surface area contributed by atoms with Crippen LogP contribution in [0.1, 0.15) is 51.4 Å². The highest BCUT2D eigenvalue weighted by atomic mass is 32.2. The molecule has 5 rings (SSSR count). The summed E-state index contributed by atoms with van der Waals surface area (Å²) in [6.45, 7) is 3.95. The van der Waals surface area contributed by atoms with Crippen molar-refractivity contribution in [3.8, 4) is 11.5 Å². The Morgan fingerprint density at radius 3 is 2.38 bits per heavy atom. The number of ether oxygens (including phenoxy) is 2. The Kier molecular flexibility index (Phi) is 7.82. The van der Waals surface area contributed by atoms with Crippen molar-refractivity contribution in [1.29, 1.82) is 0 Å². The third-order valence-electron chi connectivity index (χ3n) is 8.34. The van der Waals surface area contributed by atoms with Crippen LogP contribution in [0.3, 0.4) is 0 Å². The van der Waals surface area contributed by atoms with E-state index in [1.807, 2.05) is 42.5 Å². The van der Waals surface area contributed by atoms with E-state index in [0.29, 0.717) is 31.6 Å². The van der Waals surface area contributed by atoms with Gasteiger partial charge in [-0.25, -0.2) is 8.42 Å². The molecule has 7 heteroatoms. The van der Waals surface area contributed by atoms with Gasteiger partial charge in [-0.1, -0.05) is 24.6 Å². The average Bonchev–Trinajstić information content (AvgIpc) is 2.90. The molecule has 2 fully saturated rings. The highest BCUT2D eigenvalue weighted by molar-refractivity contribution is 7.91. The summed E-state index contributed by atoms with van der Waals surface area (Å²) in [7, 11) is -3.05. The highest BCUT2D eigenvalue weighted by Crippen LogP contribution is 2.48. The Morgan fingerprint density at radius 1 is 0.973 bits per heavy atom. The molecule has 0 bridgehead atoms. The van der Waals surface area contributed by atoms with Crippen molar-refractivity contribution >= 4 is 9.84 Å². The van der Waals surface area contributed by atoms with E-state index in [2.05, 4.69) is 11.0 Å². The van der Waals surface area contributed by atoms with Gasteiger partial charge in [-0.3, -0.25) is 4.90 Å². The Bertz CT molecular complexity index is 1180. The van der Waals surface area contributed by atoms with Gasteiger partial charge in [0.2, 0.25) is 0 Å². The highest BCUT2D eigenvalue weighted by Gasteiger charge is 2.47. The van der Waals surface area contributed by atoms with Crippen LogP contribution in [0.15, 0.2) is 71.6 Å². The molecule has 1 aromatic carbocycles. The van der Waals surface area contributed by atoms with Crippen LogP contribution in [0.5, 0.6) is 11.5 Å². The monoisotopic (exact) mass is 525 g/mol. The first-order valence-electron chi connectivity index (χ1n) is 13.7. The van der Waals surface area contributed by atoms with Crippen LogP contribution in [0.4, 0.5) is 0 Å². The Labute approximate surface area is 221 Å². The third-order valence-corrected chi connectivity index (χ3v) is 10.0. The quantitative estimate of drug-likeness (QED) is 0.480. The summed E-state index contributed by atoms with van der Waals surface area (Å²) in [5, 5.41) is 9.87. The van der Waals surface area contributed by atoms with Crippen LogP contribution < -0.4 is 9.47 Å². The Balaban J connectivity index is 1.32. The van der Waals surface area contributed by atoms with Crippen LogP contribution in [0, 0.1) is 5.92 Å². The number of nitrogens with zero attached hydrogens (tertiary/aromatic N) is 1. The molecule has 200 valence electrons. The molecule has 3 aliphatic carbocycles. The van der Waals surface area contributed by atoms with Crippen molar-refractivity contribution in [2.75, 3.05) is 32.5 Å². The van der Waals surface area contributed by atoms with Crippen molar-refractivity contribution < 1.29 is 23.0 Å². The van der Waals surface area contributed by atoms with Crippen LogP contribution in [-0.2, 0) is 9.84 Å². The molecular formula is C30H39NO5S. The third kappa shape index (κ3) is 5.99. The average molecular weight is 526 g/mol. The lowest BCUT2D eigenvalue weighted by atomic mass is 9.68. The summed E-state index contributed by atoms with van der Waals surface area (Å²) in [5.41, 5.74) is 1.39. The normalized spacial score (nSPS) is 28.5. The topological polar surface area (TPSA) is 76.1 Å². The van der Waals surface area contributed by atoms with E-state index in [1.165, 1.54) is 25.5 Å². The molecule has 0 radical (unpaired) electrons. The molecule has 1 aliphatic heterocycles. The molecule has 1 saturated heterocycles. The second-order valence-electron chi connectivity index (χ2n) is 10.9. The van der Waals surface area contributed by atoms with Crippen molar-refractivity contribution in [3.05, 3.63) is 71.6 Å². The Hall–Kier alpha value is -2.51. The first kappa shape index (κ1) is 26.1. The van der Waals surface area contributed by atoms with Crippen molar-refractivity contribution in [3.63, 3.8) is 0 Å². The number of fused-ring (bicyclic) bond motifs is 1. The molecular weight excluding hydrogens is 486 g/mol. The number of allylic oxidation sites excluding steroid dienone is 5. The molecule has 6 nitrogen and oxygen atoms in total. The minimum Gasteiger partial charge on any atom is -0.512 e. The molecule has 0 aromatic heterocycles. The molecule has 1 atom stereocenters. The van der Waals surface area contributed by atoms with E-state index < -0.39 is 15.4 Å². The number of rotatable bonds is 8. The first-order valence-corrected chi connectivity index (χ1v) is 15.6. The lowest BCUT2D eigenvalue weighted by Gasteiger charge is -2.45. The molecule has 1 saturated carbocycles. The summed E-state index contributed by atoms with van der Waals surface area (Å²) >= 11 is 0. The second-order valence-corrected chi connectivity index (χ2v) is 13.2. The maximum Gasteiger partial charge on any atom is 0.155 e. The zero-order valence-electron chi connectivity index (χ0n) is 21.8. The van der Waals surface area contributed by atoms with E-state index in [0.717, 1.165) is 55.1 Å². The standard InChI is InChI=1S/C30H39NO5S/c1-37(33,34)28-14-7-24(8-15-28)30(17-5-6-23-22-25(32)9-16-29(23)30)36-27-12-10-26(11-13-27)35-21-20-31-18-3-2-4-19-31/h5-6,9-13,16-17,24,28,32H,2-4,7-8,14-15,18-22H2,1H3. The second kappa shape index (κ2) is 11.1. The fourth-order valence-electron chi connectivity index (χ4n) is 6.29. The predicted octanol–water partition coefficient (Wildman–Crippen LogP) is 5.54. The van der Waals surface area contributed by atoms with Crippen molar-refractivity contribution in [1.82, 2.24) is 4.90 Å². The minimum atomic E-state index is -3.05. The maximum absolute atomic E-state index is 12.2. The molecule has 1 heterocycles. The molecule has 1 unspecified atom stereocenters. The lowest BCUT2D eigenvalue weighted by molar-refractivity contribution is 0.0682. The number of sulfone groups is 1. The number of hydrogen-bond donors (Lipinski definition) is 1. The van der Waals surface area contributed by atoms with Gasteiger partial charge in [-0.2, -0.15) is 0 Å². The predicted molar refractivity (Wildman–Crippen MR) is 147 cm³/mol. The summed E-state index contributed by atoms with van der Waals surface area (Å²) in [5.74, 6) is 2.05. The zero-order valence-corrected chi connectivity index (χ0v) is 22.6. The van der Waals surface area contributed by atoms with E-state index in [1.54, 1.807) is 6.08 Å². The van der Waals surface area contributed by atoms with Crippen molar-refractivity contribution in [2.24, 2.45) is 5.92 Å². The SMILES string of the molecule is CS(=O)(=O)C1CCC(C2(Oc3ccc(OCCN4CCCCC4)cc3)C=CC=C3CC(O)=CC=C32)CC1. The van der Waals surface area contributed by atoms with Gasteiger partial charge < -0.3 is 14.6 Å². The van der Waals surface area contributed by atoms with E-state index in [4.69, 9.17) is 9.47 Å². The van der Waals surface area contributed by atoms with E-state index in [-0.39, 0.29) is 11.2 Å². The molecule has 37 heavy (non-hydrogen) atoms. The van der Waals surface area contributed by atoms with Crippen molar-refractivity contribution in [2.45, 2.75) is 62.2 Å². The van der Waals surface area contributed by atoms with Gasteiger partial charge in [-0.05, 0) is 93.6 Å². The van der Waals surface area contributed by atoms with E-state index >= 15 is 0 Å². The molecule has 0 amide bonds. The summed E-state index contributed by atoms with van der Waals surface area (Å²) in [6.07, 6.45) is 18.4. The fraction of sp³-hybridized carbons (Fsp3) is 0.533. The number of benzene rings is 1. The molecule has 0 spiro atoms. The van der Waals surface area contributed by atoms with Crippen LogP contribution >= 0.6 is 0 Å². The fourth-order valence-corrected chi connectivity index (χ4v) is 7.41. The van der Waals surface area contributed by atoms with Crippen LogP contribution in [-0.4, -0.2) is 61.8 Å². The number of aliphatic hydroxyl groups excluding tert-OH is 1. The first-order chi connectivity index (χ1) is 17.8. The number of hydrogen-bond acceptors (Lipinski definition) is 6. The molecule has 1 aromatic rings. The number of aliphatic hydroxyl groups is 1. The molecule has 4 aliphatic rings. The molecule has 1 N–H and O–H groups in total. The lowest BCUT2D eigenvalue weighted by Crippen LogP contribution is -2.48. The summed E-state index contributed by atoms with van der Waals surface area (Å²) in [4.78, 5) is 2.47. The summed E-state index contributed by atoms with van der Waals surface area (Å²) in [6, 6.07) is 7.85.